The van der Waals surface area contributed by atoms with Crippen LogP contribution < -0.4 is 16.0 Å². The highest BCUT2D eigenvalue weighted by atomic mass is 16.5. The number of aromatic amines is 1. The van der Waals surface area contributed by atoms with E-state index in [2.05, 4.69) is 4.98 Å². The zero-order valence-electron chi connectivity index (χ0n) is 10.1. The summed E-state index contributed by atoms with van der Waals surface area (Å²) >= 11 is 0. The summed E-state index contributed by atoms with van der Waals surface area (Å²) in [6.45, 7) is 0.690. The molecule has 0 saturated carbocycles. The van der Waals surface area contributed by atoms with Crippen molar-refractivity contribution in [2.75, 3.05) is 6.61 Å². The molecule has 0 bridgehead atoms. The van der Waals surface area contributed by atoms with Crippen LogP contribution in [0.25, 0.3) is 11.3 Å². The standard InChI is InChI=1S/C14H12N2O3/c15-13(17)10-3-4-11(16-14(10)18)9-2-1-8-5-6-19-12(8)7-9/h1-4,7H,5-6H2,(H2,15,17)(H,16,18). The van der Waals surface area contributed by atoms with Crippen molar-refractivity contribution in [2.45, 2.75) is 6.42 Å². The van der Waals surface area contributed by atoms with Gasteiger partial charge in [0.1, 0.15) is 11.3 Å². The van der Waals surface area contributed by atoms with E-state index < -0.39 is 11.5 Å². The van der Waals surface area contributed by atoms with Gasteiger partial charge < -0.3 is 15.5 Å². The van der Waals surface area contributed by atoms with Crippen LogP contribution in [0.1, 0.15) is 15.9 Å². The van der Waals surface area contributed by atoms with Gasteiger partial charge in [-0.05, 0) is 23.8 Å². The molecule has 0 atom stereocenters. The lowest BCUT2D eigenvalue weighted by Gasteiger charge is -2.05. The van der Waals surface area contributed by atoms with Crippen LogP contribution in [0.15, 0.2) is 35.1 Å². The van der Waals surface area contributed by atoms with Gasteiger partial charge in [-0.2, -0.15) is 0 Å². The predicted molar refractivity (Wildman–Crippen MR) is 70.2 cm³/mol. The van der Waals surface area contributed by atoms with Crippen LogP contribution in [0.3, 0.4) is 0 Å². The van der Waals surface area contributed by atoms with E-state index in [1.54, 1.807) is 6.07 Å². The number of carbonyl (C=O) groups excluding carboxylic acids is 1. The molecule has 2 heterocycles. The summed E-state index contributed by atoms with van der Waals surface area (Å²) in [5.41, 5.74) is 7.22. The van der Waals surface area contributed by atoms with Crippen molar-refractivity contribution in [1.82, 2.24) is 4.98 Å². The smallest absolute Gasteiger partial charge is 0.261 e. The summed E-state index contributed by atoms with van der Waals surface area (Å²) in [5.74, 6) is 0.113. The second-order valence-corrected chi connectivity index (χ2v) is 4.40. The van der Waals surface area contributed by atoms with Crippen LogP contribution in [0, 0.1) is 0 Å². The molecule has 2 aromatic rings. The molecular formula is C14H12N2O3. The zero-order valence-corrected chi connectivity index (χ0v) is 10.1. The van der Waals surface area contributed by atoms with Crippen molar-refractivity contribution < 1.29 is 9.53 Å². The van der Waals surface area contributed by atoms with Gasteiger partial charge in [-0.15, -0.1) is 0 Å². The van der Waals surface area contributed by atoms with Crippen LogP contribution in [0.4, 0.5) is 0 Å². The van der Waals surface area contributed by atoms with Crippen molar-refractivity contribution in [3.63, 3.8) is 0 Å². The van der Waals surface area contributed by atoms with Gasteiger partial charge in [0.2, 0.25) is 0 Å². The van der Waals surface area contributed by atoms with E-state index in [1.807, 2.05) is 18.2 Å². The Hall–Kier alpha value is -2.56. The maximum absolute atomic E-state index is 11.7. The van der Waals surface area contributed by atoms with Gasteiger partial charge in [0.15, 0.2) is 0 Å². The summed E-state index contributed by atoms with van der Waals surface area (Å²) in [4.78, 5) is 25.4. The van der Waals surface area contributed by atoms with E-state index in [1.165, 1.54) is 11.6 Å². The summed E-state index contributed by atoms with van der Waals surface area (Å²) in [6.07, 6.45) is 0.909. The average Bonchev–Trinajstić information content (AvgIpc) is 2.85. The molecule has 1 aliphatic heterocycles. The number of carbonyl (C=O) groups is 1. The summed E-state index contributed by atoms with van der Waals surface area (Å²) < 4.78 is 5.49. The molecule has 1 amide bonds. The van der Waals surface area contributed by atoms with E-state index in [4.69, 9.17) is 10.5 Å². The second-order valence-electron chi connectivity index (χ2n) is 4.40. The normalized spacial score (nSPS) is 12.8. The average molecular weight is 256 g/mol. The highest BCUT2D eigenvalue weighted by Crippen LogP contribution is 2.29. The first-order valence-electron chi connectivity index (χ1n) is 5.94. The molecule has 3 N–H and O–H groups in total. The van der Waals surface area contributed by atoms with Gasteiger partial charge in [0, 0.05) is 17.7 Å². The lowest BCUT2D eigenvalue weighted by atomic mass is 10.1. The minimum Gasteiger partial charge on any atom is -0.493 e. The molecule has 0 saturated heterocycles. The Morgan fingerprint density at radius 1 is 1.26 bits per heavy atom. The van der Waals surface area contributed by atoms with Crippen molar-refractivity contribution >= 4 is 5.91 Å². The van der Waals surface area contributed by atoms with Crippen LogP contribution in [-0.4, -0.2) is 17.5 Å². The number of hydrogen-bond acceptors (Lipinski definition) is 3. The Balaban J connectivity index is 2.05. The van der Waals surface area contributed by atoms with Crippen LogP contribution >= 0.6 is 0 Å². The molecule has 1 aliphatic rings. The number of nitrogens with two attached hydrogens (primary N) is 1. The van der Waals surface area contributed by atoms with E-state index in [-0.39, 0.29) is 5.56 Å². The monoisotopic (exact) mass is 256 g/mol. The number of ether oxygens (including phenoxy) is 1. The van der Waals surface area contributed by atoms with Crippen LogP contribution in [-0.2, 0) is 6.42 Å². The molecule has 1 aromatic carbocycles. The number of amides is 1. The van der Waals surface area contributed by atoms with Crippen molar-refractivity contribution in [3.05, 3.63) is 51.8 Å². The molecular weight excluding hydrogens is 244 g/mol. The topological polar surface area (TPSA) is 85.2 Å². The number of hydrogen-bond donors (Lipinski definition) is 2. The van der Waals surface area contributed by atoms with E-state index >= 15 is 0 Å². The third-order valence-electron chi connectivity index (χ3n) is 3.18. The van der Waals surface area contributed by atoms with Gasteiger partial charge in [0.25, 0.3) is 11.5 Å². The zero-order chi connectivity index (χ0) is 13.4. The first-order chi connectivity index (χ1) is 9.15. The van der Waals surface area contributed by atoms with Gasteiger partial charge in [-0.1, -0.05) is 12.1 Å². The molecule has 0 fully saturated rings. The lowest BCUT2D eigenvalue weighted by molar-refractivity contribution is 0.0999. The Kier molecular flexibility index (Phi) is 2.59. The number of pyridine rings is 1. The van der Waals surface area contributed by atoms with Crippen molar-refractivity contribution in [2.24, 2.45) is 5.73 Å². The summed E-state index contributed by atoms with van der Waals surface area (Å²) in [5, 5.41) is 0. The number of H-pyrrole nitrogens is 1. The Morgan fingerprint density at radius 3 is 2.84 bits per heavy atom. The number of fused-ring (bicyclic) bond motifs is 1. The van der Waals surface area contributed by atoms with E-state index in [0.29, 0.717) is 12.3 Å². The number of primary amides is 1. The molecule has 5 heteroatoms. The number of rotatable bonds is 2. The summed E-state index contributed by atoms with van der Waals surface area (Å²) in [6, 6.07) is 8.89. The SMILES string of the molecule is NC(=O)c1ccc(-c2ccc3c(c2)OCC3)[nH]c1=O. The fourth-order valence-corrected chi connectivity index (χ4v) is 2.17. The van der Waals surface area contributed by atoms with Gasteiger partial charge in [0.05, 0.1) is 6.61 Å². The predicted octanol–water partition coefficient (Wildman–Crippen LogP) is 1.08. The maximum Gasteiger partial charge on any atom is 0.261 e. The Morgan fingerprint density at radius 2 is 2.11 bits per heavy atom. The summed E-state index contributed by atoms with van der Waals surface area (Å²) in [7, 11) is 0. The molecule has 0 spiro atoms. The molecule has 1 aromatic heterocycles. The molecule has 5 nitrogen and oxygen atoms in total. The van der Waals surface area contributed by atoms with Crippen LogP contribution in [0.5, 0.6) is 5.75 Å². The van der Waals surface area contributed by atoms with E-state index in [9.17, 15) is 9.59 Å². The van der Waals surface area contributed by atoms with Gasteiger partial charge in [-0.25, -0.2) is 0 Å². The molecule has 96 valence electrons. The quantitative estimate of drug-likeness (QED) is 0.843. The largest absolute Gasteiger partial charge is 0.493 e. The minimum atomic E-state index is -0.731. The molecule has 0 unspecified atom stereocenters. The van der Waals surface area contributed by atoms with Gasteiger partial charge >= 0.3 is 0 Å². The molecule has 0 aliphatic carbocycles. The number of benzene rings is 1. The van der Waals surface area contributed by atoms with Gasteiger partial charge in [-0.3, -0.25) is 9.59 Å². The van der Waals surface area contributed by atoms with Crippen molar-refractivity contribution in [3.8, 4) is 17.0 Å². The highest BCUT2D eigenvalue weighted by Gasteiger charge is 2.13. The Labute approximate surface area is 109 Å². The highest BCUT2D eigenvalue weighted by molar-refractivity contribution is 5.92. The lowest BCUT2D eigenvalue weighted by Crippen LogP contribution is -2.23. The third-order valence-corrected chi connectivity index (χ3v) is 3.18. The first-order valence-corrected chi connectivity index (χ1v) is 5.94. The number of nitrogens with one attached hydrogen (secondary N) is 1. The molecule has 0 radical (unpaired) electrons. The number of aromatic nitrogens is 1. The molecule has 19 heavy (non-hydrogen) atoms. The fourth-order valence-electron chi connectivity index (χ4n) is 2.17. The maximum atomic E-state index is 11.7. The Bertz CT molecular complexity index is 719. The van der Waals surface area contributed by atoms with E-state index in [0.717, 1.165) is 17.7 Å². The first kappa shape index (κ1) is 11.5. The third kappa shape index (κ3) is 1.99. The minimum absolute atomic E-state index is 0.0406. The fraction of sp³-hybridized carbons (Fsp3) is 0.143. The van der Waals surface area contributed by atoms with Crippen molar-refractivity contribution in [1.29, 1.82) is 0 Å². The molecule has 3 rings (SSSR count). The van der Waals surface area contributed by atoms with Crippen LogP contribution in [0.2, 0.25) is 0 Å². The second kappa shape index (κ2) is 4.28.